The molecule has 138 valence electrons. The molecule has 27 heavy (non-hydrogen) atoms. The Bertz CT molecular complexity index is 892. The van der Waals surface area contributed by atoms with E-state index in [-0.39, 0.29) is 10.8 Å². The van der Waals surface area contributed by atoms with Crippen molar-refractivity contribution in [1.29, 1.82) is 0 Å². The van der Waals surface area contributed by atoms with Crippen molar-refractivity contribution in [2.45, 2.75) is 48.5 Å². The zero-order valence-corrected chi connectivity index (χ0v) is 17.4. The molecule has 2 aromatic carbocycles. The van der Waals surface area contributed by atoms with E-state index in [1.165, 1.54) is 0 Å². The number of nitrogens with zero attached hydrogens (tertiary/aromatic N) is 2. The van der Waals surface area contributed by atoms with Crippen molar-refractivity contribution in [3.05, 3.63) is 59.2 Å². The van der Waals surface area contributed by atoms with Gasteiger partial charge in [-0.1, -0.05) is 41.9 Å². The number of benzene rings is 2. The van der Waals surface area contributed by atoms with E-state index in [0.717, 1.165) is 28.1 Å². The van der Waals surface area contributed by atoms with Crippen LogP contribution in [0.3, 0.4) is 0 Å². The summed E-state index contributed by atoms with van der Waals surface area (Å²) in [6.07, 6.45) is 0. The molecule has 0 heterocycles. The molecule has 0 amide bonds. The molecule has 0 N–H and O–H groups in total. The quantitative estimate of drug-likeness (QED) is 0.401. The summed E-state index contributed by atoms with van der Waals surface area (Å²) >= 11 is 0. The van der Waals surface area contributed by atoms with Gasteiger partial charge in [0.15, 0.2) is 0 Å². The van der Waals surface area contributed by atoms with Gasteiger partial charge in [-0.05, 0) is 78.3 Å². The first-order valence-corrected chi connectivity index (χ1v) is 9.21. The van der Waals surface area contributed by atoms with Crippen LogP contribution in [0.1, 0.15) is 58.2 Å². The molecule has 2 nitrogen and oxygen atoms in total. The second-order valence-corrected chi connectivity index (χ2v) is 8.70. The Kier molecular flexibility index (Phi) is 6.24. The fourth-order valence-corrected chi connectivity index (χ4v) is 2.14. The van der Waals surface area contributed by atoms with Gasteiger partial charge in [-0.25, -0.2) is 0 Å². The molecule has 0 fully saturated rings. The number of rotatable bonds is 2. The van der Waals surface area contributed by atoms with Gasteiger partial charge in [-0.3, -0.25) is 0 Å². The topological polar surface area (TPSA) is 24.7 Å². The summed E-state index contributed by atoms with van der Waals surface area (Å²) in [5, 5.41) is 8.75. The molecule has 0 aliphatic carbocycles. The Morgan fingerprint density at radius 3 is 1.56 bits per heavy atom. The van der Waals surface area contributed by atoms with Gasteiger partial charge in [-0.15, -0.1) is 0 Å². The van der Waals surface area contributed by atoms with Crippen LogP contribution in [0.5, 0.6) is 0 Å². The van der Waals surface area contributed by atoms with E-state index >= 15 is 0 Å². The van der Waals surface area contributed by atoms with Crippen LogP contribution in [-0.4, -0.2) is 0 Å². The molecule has 0 unspecified atom stereocenters. The fourth-order valence-electron chi connectivity index (χ4n) is 2.14. The summed E-state index contributed by atoms with van der Waals surface area (Å²) in [4.78, 5) is 0. The minimum Gasteiger partial charge on any atom is -0.151 e. The summed E-state index contributed by atoms with van der Waals surface area (Å²) in [5.74, 6) is 13.2. The van der Waals surface area contributed by atoms with Crippen molar-refractivity contribution in [1.82, 2.24) is 0 Å². The average Bonchev–Trinajstić information content (AvgIpc) is 2.58. The van der Waals surface area contributed by atoms with Crippen molar-refractivity contribution in [3.63, 3.8) is 0 Å². The predicted molar refractivity (Wildman–Crippen MR) is 114 cm³/mol. The zero-order valence-electron chi connectivity index (χ0n) is 17.4. The monoisotopic (exact) mass is 356 g/mol. The maximum Gasteiger partial charge on any atom is 0.0882 e. The van der Waals surface area contributed by atoms with Crippen LogP contribution in [0, 0.1) is 41.4 Å². The lowest BCUT2D eigenvalue weighted by Crippen LogP contribution is -2.01. The lowest BCUT2D eigenvalue weighted by Gasteiger charge is -2.10. The van der Waals surface area contributed by atoms with Crippen LogP contribution in [0.15, 0.2) is 52.7 Å². The van der Waals surface area contributed by atoms with Crippen molar-refractivity contribution in [3.8, 4) is 23.7 Å². The molecule has 0 radical (unpaired) electrons. The molecule has 2 rings (SSSR count). The number of azo groups is 1. The number of hydrogen-bond donors (Lipinski definition) is 0. The highest BCUT2D eigenvalue weighted by atomic mass is 15.1. The van der Waals surface area contributed by atoms with Gasteiger partial charge in [0.1, 0.15) is 0 Å². The Morgan fingerprint density at radius 2 is 1.11 bits per heavy atom. The summed E-state index contributed by atoms with van der Waals surface area (Å²) in [7, 11) is 0. The third-order valence-corrected chi connectivity index (χ3v) is 3.57. The van der Waals surface area contributed by atoms with Crippen molar-refractivity contribution in [2.24, 2.45) is 21.1 Å². The molecule has 0 aliphatic heterocycles. The Labute approximate surface area is 164 Å². The van der Waals surface area contributed by atoms with Crippen LogP contribution < -0.4 is 0 Å². The Balaban J connectivity index is 2.53. The first-order chi connectivity index (χ1) is 12.5. The zero-order chi connectivity index (χ0) is 20.1. The maximum atomic E-state index is 4.42. The normalized spacial score (nSPS) is 11.5. The van der Waals surface area contributed by atoms with Crippen LogP contribution in [0.4, 0.5) is 11.4 Å². The van der Waals surface area contributed by atoms with Crippen LogP contribution in [0.25, 0.3) is 0 Å². The number of hydrogen-bond acceptors (Lipinski definition) is 2. The van der Waals surface area contributed by atoms with Crippen LogP contribution in [-0.2, 0) is 0 Å². The Hall–Kier alpha value is -2.84. The largest absolute Gasteiger partial charge is 0.151 e. The summed E-state index contributed by atoms with van der Waals surface area (Å²) in [6, 6.07) is 13.7. The predicted octanol–water partition coefficient (Wildman–Crippen LogP) is 7.21. The van der Waals surface area contributed by atoms with E-state index in [2.05, 4.69) is 82.4 Å². The molecule has 0 atom stereocenters. The van der Waals surface area contributed by atoms with E-state index in [1.807, 2.05) is 42.5 Å². The first kappa shape index (κ1) is 20.5. The molecule has 0 aromatic heterocycles. The first-order valence-electron chi connectivity index (χ1n) is 9.21. The van der Waals surface area contributed by atoms with Crippen LogP contribution >= 0.6 is 0 Å². The van der Waals surface area contributed by atoms with E-state index in [1.54, 1.807) is 0 Å². The van der Waals surface area contributed by atoms with E-state index < -0.39 is 0 Å². The van der Waals surface area contributed by atoms with Gasteiger partial charge >= 0.3 is 0 Å². The van der Waals surface area contributed by atoms with Crippen molar-refractivity contribution < 1.29 is 0 Å². The molecule has 0 aliphatic rings. The second-order valence-electron chi connectivity index (χ2n) is 8.70. The third-order valence-electron chi connectivity index (χ3n) is 3.57. The minimum atomic E-state index is -0.0642. The van der Waals surface area contributed by atoms with Crippen LogP contribution in [0.2, 0.25) is 0 Å². The third kappa shape index (κ3) is 7.12. The molecule has 0 bridgehead atoms. The SMILES string of the molecule is Cc1c(C#CC(C)(C)C)cc(N=Nc2ccccc2)cc1C#CC(C)(C)C. The van der Waals surface area contributed by atoms with E-state index in [9.17, 15) is 0 Å². The molecule has 0 saturated heterocycles. The van der Waals surface area contributed by atoms with Gasteiger partial charge < -0.3 is 0 Å². The van der Waals surface area contributed by atoms with Crippen molar-refractivity contribution >= 4 is 11.4 Å². The molecular weight excluding hydrogens is 328 g/mol. The minimum absolute atomic E-state index is 0.0642. The summed E-state index contributed by atoms with van der Waals surface area (Å²) < 4.78 is 0. The van der Waals surface area contributed by atoms with Gasteiger partial charge in [0.2, 0.25) is 0 Å². The van der Waals surface area contributed by atoms with Crippen molar-refractivity contribution in [2.75, 3.05) is 0 Å². The van der Waals surface area contributed by atoms with E-state index in [4.69, 9.17) is 0 Å². The highest BCUT2D eigenvalue weighted by Gasteiger charge is 2.09. The summed E-state index contributed by atoms with van der Waals surface area (Å²) in [6.45, 7) is 14.7. The van der Waals surface area contributed by atoms with Gasteiger partial charge in [0, 0.05) is 22.0 Å². The highest BCUT2D eigenvalue weighted by molar-refractivity contribution is 5.59. The highest BCUT2D eigenvalue weighted by Crippen LogP contribution is 2.25. The molecule has 2 aromatic rings. The molecule has 2 heteroatoms. The average molecular weight is 357 g/mol. The standard InChI is InChI=1S/C25H28N2/c1-19-20(13-15-24(2,3)4)17-23(18-21(19)14-16-25(5,6)7)27-26-22-11-9-8-10-12-22/h8-12,17-18H,1-7H3. The second kappa shape index (κ2) is 8.24. The summed E-state index contributed by atoms with van der Waals surface area (Å²) in [5.41, 5.74) is 4.45. The van der Waals surface area contributed by atoms with Gasteiger partial charge in [-0.2, -0.15) is 10.2 Å². The van der Waals surface area contributed by atoms with Gasteiger partial charge in [0.25, 0.3) is 0 Å². The van der Waals surface area contributed by atoms with Gasteiger partial charge in [0.05, 0.1) is 11.4 Å². The lowest BCUT2D eigenvalue weighted by molar-refractivity contribution is 0.570. The van der Waals surface area contributed by atoms with E-state index in [0.29, 0.717) is 0 Å². The molecule has 0 spiro atoms. The fraction of sp³-hybridized carbons (Fsp3) is 0.360. The maximum absolute atomic E-state index is 4.42. The molecule has 0 saturated carbocycles. The molecular formula is C25H28N2. The Morgan fingerprint density at radius 1 is 0.667 bits per heavy atom. The lowest BCUT2D eigenvalue weighted by atomic mass is 9.94. The smallest absolute Gasteiger partial charge is 0.0882 e.